The molecule has 0 bridgehead atoms. The van der Waals surface area contributed by atoms with Crippen LogP contribution in [0.3, 0.4) is 0 Å². The van der Waals surface area contributed by atoms with Gasteiger partial charge in [0.1, 0.15) is 11.7 Å². The molecule has 2 nitrogen and oxygen atoms in total. The lowest BCUT2D eigenvalue weighted by atomic mass is 9.95. The quantitative estimate of drug-likeness (QED) is 0.319. The minimum Gasteiger partial charge on any atom is -0.349 e. The minimum atomic E-state index is -5.11. The lowest BCUT2D eigenvalue weighted by Crippen LogP contribution is -2.28. The predicted octanol–water partition coefficient (Wildman–Crippen LogP) is 7.70. The van der Waals surface area contributed by atoms with Crippen molar-refractivity contribution in [1.29, 1.82) is 0 Å². The van der Waals surface area contributed by atoms with Gasteiger partial charge >= 0.3 is 12.4 Å². The van der Waals surface area contributed by atoms with Crippen LogP contribution in [0.4, 0.5) is 35.1 Å². The fraction of sp³-hybridized carbons (Fsp3) is 0.286. The lowest BCUT2D eigenvalue weighted by Gasteiger charge is -2.19. The van der Waals surface area contributed by atoms with Crippen molar-refractivity contribution < 1.29 is 39.9 Å². The molecule has 2 aromatic carbocycles. The highest BCUT2D eigenvalue weighted by Gasteiger charge is 2.41. The van der Waals surface area contributed by atoms with E-state index in [-0.39, 0.29) is 18.2 Å². The zero-order chi connectivity index (χ0) is 24.7. The molecule has 2 aromatic rings. The van der Waals surface area contributed by atoms with Crippen LogP contribution in [0.1, 0.15) is 45.8 Å². The van der Waals surface area contributed by atoms with Gasteiger partial charge in [0, 0.05) is 11.6 Å². The van der Waals surface area contributed by atoms with E-state index >= 15 is 0 Å². The second-order valence-electron chi connectivity index (χ2n) is 7.34. The Morgan fingerprint density at radius 3 is 2.09 bits per heavy atom. The molecule has 1 aliphatic carbocycles. The van der Waals surface area contributed by atoms with Gasteiger partial charge in [-0.05, 0) is 48.7 Å². The third-order valence-electron chi connectivity index (χ3n) is 4.79. The van der Waals surface area contributed by atoms with Crippen molar-refractivity contribution in [2.45, 2.75) is 37.2 Å². The Morgan fingerprint density at radius 2 is 1.61 bits per heavy atom. The van der Waals surface area contributed by atoms with Crippen molar-refractivity contribution in [1.82, 2.24) is 5.32 Å². The molecule has 0 heterocycles. The molecule has 1 aliphatic rings. The number of allylic oxidation sites excluding steroid dienone is 1. The molecule has 12 heteroatoms. The van der Waals surface area contributed by atoms with Crippen molar-refractivity contribution in [3.8, 4) is 0 Å². The number of halogens is 10. The van der Waals surface area contributed by atoms with Crippen molar-refractivity contribution in [3.05, 3.63) is 74.5 Å². The molecule has 0 aliphatic heterocycles. The molecule has 1 amide bonds. The van der Waals surface area contributed by atoms with Gasteiger partial charge in [0.25, 0.3) is 5.91 Å². The van der Waals surface area contributed by atoms with E-state index in [1.165, 1.54) is 0 Å². The van der Waals surface area contributed by atoms with E-state index < -0.39 is 68.1 Å². The van der Waals surface area contributed by atoms with E-state index in [1.54, 1.807) is 0 Å². The molecule has 0 saturated heterocycles. The predicted molar refractivity (Wildman–Crippen MR) is 106 cm³/mol. The number of rotatable bonds is 5. The van der Waals surface area contributed by atoms with Crippen LogP contribution < -0.4 is 5.32 Å². The highest BCUT2D eigenvalue weighted by Crippen LogP contribution is 2.41. The molecule has 3 rings (SSSR count). The number of carbonyl (C=O) groups excluding carboxylic acids is 1. The first-order valence-electron chi connectivity index (χ1n) is 9.29. The molecule has 0 spiro atoms. The summed E-state index contributed by atoms with van der Waals surface area (Å²) in [6.45, 7) is 0. The Labute approximate surface area is 192 Å². The SMILES string of the molecule is O=C(NC1CC1)c1ccc(C(F)=CC(c2cc(Cl)c(F)c(Cl)c2)C(F)(F)F)cc1C(F)(F)F. The van der Waals surface area contributed by atoms with Gasteiger partial charge in [-0.1, -0.05) is 29.3 Å². The molecule has 0 radical (unpaired) electrons. The third-order valence-corrected chi connectivity index (χ3v) is 5.34. The summed E-state index contributed by atoms with van der Waals surface area (Å²) >= 11 is 11.0. The number of hydrogen-bond acceptors (Lipinski definition) is 1. The van der Waals surface area contributed by atoms with Gasteiger partial charge in [-0.2, -0.15) is 26.3 Å². The third kappa shape index (κ3) is 5.97. The molecular weight excluding hydrogens is 505 g/mol. The maximum absolute atomic E-state index is 14.8. The van der Waals surface area contributed by atoms with E-state index in [1.807, 2.05) is 0 Å². The van der Waals surface area contributed by atoms with Crippen molar-refractivity contribution in [2.75, 3.05) is 0 Å². The van der Waals surface area contributed by atoms with Gasteiger partial charge in [-0.25, -0.2) is 8.78 Å². The molecule has 178 valence electrons. The van der Waals surface area contributed by atoms with Crippen molar-refractivity contribution in [2.24, 2.45) is 0 Å². The summed E-state index contributed by atoms with van der Waals surface area (Å²) in [5, 5.41) is 0.879. The molecule has 1 atom stereocenters. The Hall–Kier alpha value is -2.33. The smallest absolute Gasteiger partial charge is 0.349 e. The first kappa shape index (κ1) is 25.3. The summed E-state index contributed by atoms with van der Waals surface area (Å²) in [7, 11) is 0. The summed E-state index contributed by atoms with van der Waals surface area (Å²) < 4.78 is 110. The number of nitrogens with one attached hydrogen (secondary N) is 1. The van der Waals surface area contributed by atoms with Crippen molar-refractivity contribution >= 4 is 34.9 Å². The average Bonchev–Trinajstić information content (AvgIpc) is 3.51. The van der Waals surface area contributed by atoms with Gasteiger partial charge in [-0.3, -0.25) is 4.79 Å². The fourth-order valence-electron chi connectivity index (χ4n) is 2.99. The van der Waals surface area contributed by atoms with E-state index in [4.69, 9.17) is 23.2 Å². The highest BCUT2D eigenvalue weighted by molar-refractivity contribution is 6.35. The van der Waals surface area contributed by atoms with Crippen LogP contribution in [0.25, 0.3) is 5.83 Å². The van der Waals surface area contributed by atoms with Gasteiger partial charge in [0.05, 0.1) is 21.2 Å². The van der Waals surface area contributed by atoms with Crippen molar-refractivity contribution in [3.63, 3.8) is 0 Å². The maximum atomic E-state index is 14.8. The number of amides is 1. The Balaban J connectivity index is 2.04. The normalized spacial score (nSPS) is 16.0. The highest BCUT2D eigenvalue weighted by atomic mass is 35.5. The summed E-state index contributed by atoms with van der Waals surface area (Å²) in [5.41, 5.74) is -3.84. The first-order valence-corrected chi connectivity index (χ1v) is 10.0. The van der Waals surface area contributed by atoms with Crippen LogP contribution in [0.2, 0.25) is 10.0 Å². The topological polar surface area (TPSA) is 29.1 Å². The molecule has 1 saturated carbocycles. The number of carbonyl (C=O) groups is 1. The first-order chi connectivity index (χ1) is 15.2. The second-order valence-corrected chi connectivity index (χ2v) is 8.15. The van der Waals surface area contributed by atoms with E-state index in [0.717, 1.165) is 6.07 Å². The van der Waals surface area contributed by atoms with Crippen LogP contribution in [0.5, 0.6) is 0 Å². The lowest BCUT2D eigenvalue weighted by molar-refractivity contribution is -0.140. The average molecular weight is 518 g/mol. The Bertz CT molecular complexity index is 1080. The Kier molecular flexibility index (Phi) is 7.00. The standard InChI is InChI=1S/C21H13Cl2F8NO/c22-15-6-10(7-16(23)18(15)25)13(20(26,27)28)8-17(24)9-1-4-12(14(5-9)21(29,30)31)19(33)32-11-2-3-11/h1,4-8,11,13H,2-3H2,(H,32,33). The van der Waals surface area contributed by atoms with E-state index in [0.29, 0.717) is 31.0 Å². The van der Waals surface area contributed by atoms with Crippen LogP contribution in [-0.4, -0.2) is 18.1 Å². The van der Waals surface area contributed by atoms with Gasteiger partial charge in [0.15, 0.2) is 5.82 Å². The molecule has 1 unspecified atom stereocenters. The summed E-state index contributed by atoms with van der Waals surface area (Å²) in [4.78, 5) is 12.1. The molecule has 0 aromatic heterocycles. The number of benzene rings is 2. The molecule has 1 fully saturated rings. The van der Waals surface area contributed by atoms with Gasteiger partial charge in [0.2, 0.25) is 0 Å². The monoisotopic (exact) mass is 517 g/mol. The molecule has 33 heavy (non-hydrogen) atoms. The van der Waals surface area contributed by atoms with Gasteiger partial charge < -0.3 is 5.32 Å². The number of hydrogen-bond donors (Lipinski definition) is 1. The molecular formula is C21H13Cl2F8NO. The maximum Gasteiger partial charge on any atom is 0.417 e. The van der Waals surface area contributed by atoms with E-state index in [9.17, 15) is 39.9 Å². The zero-order valence-corrected chi connectivity index (χ0v) is 17.7. The Morgan fingerprint density at radius 1 is 1.03 bits per heavy atom. The van der Waals surface area contributed by atoms with Crippen LogP contribution in [0, 0.1) is 5.82 Å². The van der Waals surface area contributed by atoms with Crippen LogP contribution in [0.15, 0.2) is 36.4 Å². The zero-order valence-electron chi connectivity index (χ0n) is 16.2. The van der Waals surface area contributed by atoms with Crippen LogP contribution in [-0.2, 0) is 6.18 Å². The summed E-state index contributed by atoms with van der Waals surface area (Å²) in [5.74, 6) is -6.54. The fourth-order valence-corrected chi connectivity index (χ4v) is 3.50. The minimum absolute atomic E-state index is 0.0271. The summed E-state index contributed by atoms with van der Waals surface area (Å²) in [6, 6.07) is 2.65. The van der Waals surface area contributed by atoms with Gasteiger partial charge in [-0.15, -0.1) is 0 Å². The van der Waals surface area contributed by atoms with E-state index in [2.05, 4.69) is 5.32 Å². The summed E-state index contributed by atoms with van der Waals surface area (Å²) in [6.07, 6.45) is -8.94. The largest absolute Gasteiger partial charge is 0.417 e. The van der Waals surface area contributed by atoms with Crippen LogP contribution >= 0.6 is 23.2 Å². The number of alkyl halides is 6. The molecule has 1 N–H and O–H groups in total. The second kappa shape index (κ2) is 9.13.